The first-order chi connectivity index (χ1) is 23.6. The van der Waals surface area contributed by atoms with Crippen molar-refractivity contribution in [2.45, 2.75) is 59.6 Å². The van der Waals surface area contributed by atoms with Crippen molar-refractivity contribution in [1.82, 2.24) is 19.9 Å². The number of aromatic nitrogens is 4. The third-order valence-corrected chi connectivity index (χ3v) is 6.44. The number of aryl methyl sites for hydroxylation is 2. The van der Waals surface area contributed by atoms with Crippen LogP contribution in [0.3, 0.4) is 0 Å². The van der Waals surface area contributed by atoms with Crippen molar-refractivity contribution in [2.75, 3.05) is 28.7 Å². The molecule has 20 heteroatoms. The number of carbonyl (C=O) groups is 1. The monoisotopic (exact) mass is 788 g/mol. The van der Waals surface area contributed by atoms with E-state index in [1.165, 1.54) is 12.4 Å². The predicted molar refractivity (Wildman–Crippen MR) is 203 cm³/mol. The zero-order valence-corrected chi connectivity index (χ0v) is 31.4. The third-order valence-electron chi connectivity index (χ3n) is 6.25. The lowest BCUT2D eigenvalue weighted by Gasteiger charge is -2.16. The summed E-state index contributed by atoms with van der Waals surface area (Å²) in [6.07, 6.45) is -2.79. The fraction of sp³-hybridized carbons (Fsp3) is 0.290. The summed E-state index contributed by atoms with van der Waals surface area (Å²) >= 11 is 18.4. The summed E-state index contributed by atoms with van der Waals surface area (Å²) in [5, 5.41) is 0. The molecule has 0 aliphatic carbocycles. The molecule has 0 saturated carbocycles. The first-order valence-electron chi connectivity index (χ1n) is 14.5. The SMILES string of the molecule is Cc1cc(C(C)C)c(Oc2cnc(N)nc2N)cc1N.Cc1cc(C(C)C)c(Oc2cnc(N)nc2N)cc1N=S.O=CC(F)(F)F.S=C(Cl)Cl. The van der Waals surface area contributed by atoms with Crippen LogP contribution in [-0.4, -0.2) is 36.2 Å². The Bertz CT molecular complexity index is 1830. The van der Waals surface area contributed by atoms with Crippen molar-refractivity contribution in [3.63, 3.8) is 0 Å². The van der Waals surface area contributed by atoms with Crippen LogP contribution in [0.4, 0.5) is 48.1 Å². The molecule has 0 aliphatic rings. The smallest absolute Gasteiger partial charge is 0.446 e. The van der Waals surface area contributed by atoms with Crippen LogP contribution in [0.15, 0.2) is 41.0 Å². The first-order valence-corrected chi connectivity index (χ1v) is 16.0. The molecule has 0 unspecified atom stereocenters. The molecule has 0 fully saturated rings. The second-order valence-electron chi connectivity index (χ2n) is 10.9. The van der Waals surface area contributed by atoms with Gasteiger partial charge in [0.05, 0.1) is 18.1 Å². The maximum absolute atomic E-state index is 10.4. The normalized spacial score (nSPS) is 10.5. The fourth-order valence-electron chi connectivity index (χ4n) is 3.79. The standard InChI is InChI=1S/C14H17N5OS.C14H19N5O.C2HF3O.CCl2S/c1-7(2)9-4-8(3)10(19-21)5-11(9)20-12-6-17-14(16)18-13(12)15;1-7(2)9-4-8(3)10(15)5-11(9)20-12-6-18-14(17)19-13(12)16;3-2(4,5)1-6;2-1(3)4/h4-7H,1-3H3,(H4,15,16,17,18);4-7H,15H2,1-3H3,(H4,16,17,18,19);1H;. The lowest BCUT2D eigenvalue weighted by atomic mass is 9.99. The molecule has 2 aromatic heterocycles. The number of aldehydes is 1. The molecule has 4 aromatic rings. The highest BCUT2D eigenvalue weighted by Gasteiger charge is 2.25. The van der Waals surface area contributed by atoms with E-state index in [1.54, 1.807) is 12.1 Å². The van der Waals surface area contributed by atoms with E-state index in [0.29, 0.717) is 40.3 Å². The number of anilines is 5. The summed E-state index contributed by atoms with van der Waals surface area (Å²) in [7, 11) is 0. The van der Waals surface area contributed by atoms with Crippen LogP contribution in [-0.2, 0) is 17.2 Å². The molecule has 0 bridgehead atoms. The topological polar surface area (TPSA) is 230 Å². The van der Waals surface area contributed by atoms with Gasteiger partial charge in [0.2, 0.25) is 18.2 Å². The fourth-order valence-corrected chi connectivity index (χ4v) is 3.99. The van der Waals surface area contributed by atoms with E-state index in [-0.39, 0.29) is 33.2 Å². The zero-order chi connectivity index (χ0) is 39.2. The summed E-state index contributed by atoms with van der Waals surface area (Å²) in [6, 6.07) is 7.62. The molecule has 0 atom stereocenters. The van der Waals surface area contributed by atoms with Gasteiger partial charge in [-0.1, -0.05) is 69.2 Å². The van der Waals surface area contributed by atoms with Crippen molar-refractivity contribution < 1.29 is 27.4 Å². The zero-order valence-electron chi connectivity index (χ0n) is 28.3. The highest BCUT2D eigenvalue weighted by atomic mass is 35.5. The Morgan fingerprint density at radius 2 is 1.16 bits per heavy atom. The molecular weight excluding hydrogens is 752 g/mol. The van der Waals surface area contributed by atoms with Crippen molar-refractivity contribution in [3.05, 3.63) is 58.9 Å². The maximum atomic E-state index is 10.4. The summed E-state index contributed by atoms with van der Waals surface area (Å²) in [5.74, 6) is 3.18. The van der Waals surface area contributed by atoms with E-state index in [0.717, 1.165) is 22.3 Å². The lowest BCUT2D eigenvalue weighted by Crippen LogP contribution is -2.07. The van der Waals surface area contributed by atoms with Crippen LogP contribution < -0.4 is 38.1 Å². The molecule has 2 heterocycles. The number of alkyl halides is 3. The minimum Gasteiger partial charge on any atom is -0.451 e. The largest absolute Gasteiger partial charge is 0.451 e. The molecule has 10 N–H and O–H groups in total. The van der Waals surface area contributed by atoms with Crippen LogP contribution in [0, 0.1) is 13.8 Å². The molecular formula is C31H37Cl2F3N10O3S2. The summed E-state index contributed by atoms with van der Waals surface area (Å²) in [5.41, 5.74) is 33.9. The average molecular weight is 790 g/mol. The van der Waals surface area contributed by atoms with Gasteiger partial charge in [-0.15, -0.1) is 0 Å². The Kier molecular flexibility index (Phi) is 17.6. The average Bonchev–Trinajstić information content (AvgIpc) is 3.02. The number of thiocarbonyl (C=S) groups is 1. The van der Waals surface area contributed by atoms with Crippen LogP contribution in [0.1, 0.15) is 61.8 Å². The van der Waals surface area contributed by atoms with Crippen LogP contribution >= 0.6 is 35.4 Å². The van der Waals surface area contributed by atoms with Gasteiger partial charge in [-0.3, -0.25) is 4.79 Å². The summed E-state index contributed by atoms with van der Waals surface area (Å²) in [4.78, 5) is 24.2. The number of ether oxygens (including phenoxy) is 2. The molecule has 51 heavy (non-hydrogen) atoms. The minimum atomic E-state index is -4.64. The number of hydrogen-bond acceptors (Lipinski definition) is 15. The molecule has 0 radical (unpaired) electrons. The van der Waals surface area contributed by atoms with Crippen molar-refractivity contribution in [2.24, 2.45) is 4.36 Å². The number of nitrogen functional groups attached to an aromatic ring is 5. The maximum Gasteiger partial charge on any atom is 0.446 e. The molecule has 4 rings (SSSR count). The lowest BCUT2D eigenvalue weighted by molar-refractivity contribution is -0.156. The number of halogens is 5. The Labute approximate surface area is 313 Å². The van der Waals surface area contributed by atoms with Gasteiger partial charge in [0.15, 0.2) is 26.9 Å². The molecule has 276 valence electrons. The van der Waals surface area contributed by atoms with E-state index in [9.17, 15) is 13.2 Å². The van der Waals surface area contributed by atoms with Gasteiger partial charge in [-0.25, -0.2) is 9.97 Å². The first kappa shape index (κ1) is 44.4. The second-order valence-corrected chi connectivity index (χ2v) is 12.9. The third kappa shape index (κ3) is 15.4. The number of carbonyl (C=O) groups excluding carboxylic acids is 1. The second kappa shape index (κ2) is 20.3. The van der Waals surface area contributed by atoms with Gasteiger partial charge < -0.3 is 38.1 Å². The highest BCUT2D eigenvalue weighted by molar-refractivity contribution is 7.86. The quantitative estimate of drug-likeness (QED) is 0.0515. The van der Waals surface area contributed by atoms with Gasteiger partial charge >= 0.3 is 6.18 Å². The number of benzene rings is 2. The van der Waals surface area contributed by atoms with Gasteiger partial charge in [-0.05, 0) is 54.0 Å². The van der Waals surface area contributed by atoms with Crippen molar-refractivity contribution >= 4 is 92.8 Å². The van der Waals surface area contributed by atoms with Gasteiger partial charge in [0.25, 0.3) is 0 Å². The number of nitrogens with two attached hydrogens (primary N) is 5. The van der Waals surface area contributed by atoms with Crippen LogP contribution in [0.5, 0.6) is 23.0 Å². The number of hydrogen-bond donors (Lipinski definition) is 5. The van der Waals surface area contributed by atoms with E-state index in [4.69, 9.17) is 78.6 Å². The summed E-state index contributed by atoms with van der Waals surface area (Å²) < 4.78 is 46.7. The number of nitrogens with zero attached hydrogens (tertiary/aromatic N) is 5. The van der Waals surface area contributed by atoms with Crippen LogP contribution in [0.25, 0.3) is 0 Å². The van der Waals surface area contributed by atoms with E-state index in [2.05, 4.69) is 64.2 Å². The molecule has 0 saturated heterocycles. The highest BCUT2D eigenvalue weighted by Crippen LogP contribution is 2.38. The van der Waals surface area contributed by atoms with E-state index < -0.39 is 12.5 Å². The van der Waals surface area contributed by atoms with Gasteiger partial charge in [0.1, 0.15) is 11.5 Å². The van der Waals surface area contributed by atoms with Crippen LogP contribution in [0.2, 0.25) is 0 Å². The molecule has 0 amide bonds. The Balaban J connectivity index is 0.000000404. The number of rotatable bonds is 7. The summed E-state index contributed by atoms with van der Waals surface area (Å²) in [6.45, 7) is 12.2. The molecule has 13 nitrogen and oxygen atoms in total. The Morgan fingerprint density at radius 1 is 0.784 bits per heavy atom. The predicted octanol–water partition coefficient (Wildman–Crippen LogP) is 8.17. The minimum absolute atomic E-state index is 0.0556. The molecule has 2 aromatic carbocycles. The van der Waals surface area contributed by atoms with E-state index >= 15 is 0 Å². The van der Waals surface area contributed by atoms with E-state index in [1.807, 2.05) is 26.0 Å². The van der Waals surface area contributed by atoms with Gasteiger partial charge in [0, 0.05) is 30.2 Å². The Hall–Kier alpha value is -4.65. The molecule has 0 spiro atoms. The molecule has 0 aliphatic heterocycles. The Morgan fingerprint density at radius 3 is 1.49 bits per heavy atom. The van der Waals surface area contributed by atoms with Crippen molar-refractivity contribution in [3.8, 4) is 23.0 Å². The van der Waals surface area contributed by atoms with Crippen molar-refractivity contribution in [1.29, 1.82) is 0 Å². The van der Waals surface area contributed by atoms with Gasteiger partial charge in [-0.2, -0.15) is 27.5 Å².